The highest BCUT2D eigenvalue weighted by atomic mass is 16.5. The van der Waals surface area contributed by atoms with Crippen LogP contribution in [-0.4, -0.2) is 27.8 Å². The molecule has 1 amide bonds. The summed E-state index contributed by atoms with van der Waals surface area (Å²) in [7, 11) is 0. The van der Waals surface area contributed by atoms with E-state index in [2.05, 4.69) is 20.5 Å². The maximum Gasteiger partial charge on any atom is 0.407 e. The van der Waals surface area contributed by atoms with Crippen molar-refractivity contribution in [3.05, 3.63) is 66.1 Å². The van der Waals surface area contributed by atoms with E-state index in [1.807, 2.05) is 48.6 Å². The molecule has 3 aromatic rings. The summed E-state index contributed by atoms with van der Waals surface area (Å²) in [5.41, 5.74) is 2.65. The highest BCUT2D eigenvalue weighted by Gasteiger charge is 2.00. The molecule has 0 atom stereocenters. The molecule has 0 aliphatic heterocycles. The average molecular weight is 308 g/mol. The topological polar surface area (TPSA) is 79.9 Å². The summed E-state index contributed by atoms with van der Waals surface area (Å²) >= 11 is 0. The normalized spacial score (nSPS) is 11.0. The number of amides is 1. The molecule has 0 unspecified atom stereocenters. The summed E-state index contributed by atoms with van der Waals surface area (Å²) in [5, 5.41) is 10.4. The number of nitrogens with one attached hydrogen (secondary N) is 2. The second-order valence-electron chi connectivity index (χ2n) is 4.91. The molecule has 0 aliphatic carbocycles. The lowest BCUT2D eigenvalue weighted by Crippen LogP contribution is -2.24. The zero-order chi connectivity index (χ0) is 15.9. The third-order valence-electron chi connectivity index (χ3n) is 3.21. The smallest absolute Gasteiger partial charge is 0.407 e. The van der Waals surface area contributed by atoms with Gasteiger partial charge >= 0.3 is 6.09 Å². The Labute approximate surface area is 133 Å². The van der Waals surface area contributed by atoms with E-state index in [1.54, 1.807) is 12.4 Å². The van der Waals surface area contributed by atoms with E-state index in [1.165, 1.54) is 0 Å². The fourth-order valence-corrected chi connectivity index (χ4v) is 2.05. The van der Waals surface area contributed by atoms with Crippen LogP contribution >= 0.6 is 0 Å². The van der Waals surface area contributed by atoms with Crippen molar-refractivity contribution in [2.24, 2.45) is 0 Å². The van der Waals surface area contributed by atoms with E-state index in [0.29, 0.717) is 6.54 Å². The molecular weight excluding hydrogens is 292 g/mol. The second-order valence-corrected chi connectivity index (χ2v) is 4.91. The number of aromatic amines is 1. The second kappa shape index (κ2) is 7.22. The van der Waals surface area contributed by atoms with Crippen LogP contribution in [0.15, 0.2) is 54.9 Å². The van der Waals surface area contributed by atoms with Crippen molar-refractivity contribution < 1.29 is 9.53 Å². The molecule has 116 valence electrons. The Bertz CT molecular complexity index is 812. The molecule has 2 aromatic heterocycles. The monoisotopic (exact) mass is 308 g/mol. The SMILES string of the molecule is O=C(NCC=Cc1cc2cn[nH]c2cn1)OCc1ccccc1. The third kappa shape index (κ3) is 4.16. The minimum atomic E-state index is -0.447. The molecule has 0 saturated carbocycles. The molecule has 2 N–H and O–H groups in total. The van der Waals surface area contributed by atoms with Crippen LogP contribution in [-0.2, 0) is 11.3 Å². The van der Waals surface area contributed by atoms with E-state index in [4.69, 9.17) is 4.74 Å². The van der Waals surface area contributed by atoms with E-state index in [-0.39, 0.29) is 6.61 Å². The van der Waals surface area contributed by atoms with Crippen LogP contribution in [0, 0.1) is 0 Å². The van der Waals surface area contributed by atoms with Crippen LogP contribution in [0.5, 0.6) is 0 Å². The number of rotatable bonds is 5. The highest BCUT2D eigenvalue weighted by Crippen LogP contribution is 2.10. The summed E-state index contributed by atoms with van der Waals surface area (Å²) in [6.07, 6.45) is 6.68. The Hall–Kier alpha value is -3.15. The van der Waals surface area contributed by atoms with Gasteiger partial charge in [0.2, 0.25) is 0 Å². The summed E-state index contributed by atoms with van der Waals surface area (Å²) in [6.45, 7) is 0.633. The van der Waals surface area contributed by atoms with Gasteiger partial charge in [-0.3, -0.25) is 10.1 Å². The highest BCUT2D eigenvalue weighted by molar-refractivity contribution is 5.78. The van der Waals surface area contributed by atoms with Gasteiger partial charge in [-0.05, 0) is 17.7 Å². The molecule has 3 rings (SSSR count). The van der Waals surface area contributed by atoms with Crippen molar-refractivity contribution >= 4 is 23.1 Å². The van der Waals surface area contributed by atoms with Gasteiger partial charge in [0.1, 0.15) is 6.61 Å². The van der Waals surface area contributed by atoms with Crippen LogP contribution in [0.25, 0.3) is 17.0 Å². The van der Waals surface area contributed by atoms with Gasteiger partial charge in [-0.25, -0.2) is 4.79 Å². The summed E-state index contributed by atoms with van der Waals surface area (Å²) in [5.74, 6) is 0. The van der Waals surface area contributed by atoms with Crippen molar-refractivity contribution in [1.82, 2.24) is 20.5 Å². The number of aromatic nitrogens is 3. The predicted molar refractivity (Wildman–Crippen MR) is 87.6 cm³/mol. The molecule has 6 nitrogen and oxygen atoms in total. The summed E-state index contributed by atoms with van der Waals surface area (Å²) < 4.78 is 5.12. The number of alkyl carbamates (subject to hydrolysis) is 1. The molecule has 0 radical (unpaired) electrons. The van der Waals surface area contributed by atoms with Crippen molar-refractivity contribution in [2.45, 2.75) is 6.61 Å². The number of pyridine rings is 1. The first-order valence-corrected chi connectivity index (χ1v) is 7.21. The number of H-pyrrole nitrogens is 1. The van der Waals surface area contributed by atoms with Gasteiger partial charge in [-0.15, -0.1) is 0 Å². The Balaban J connectivity index is 1.44. The number of nitrogens with zero attached hydrogens (tertiary/aromatic N) is 2. The van der Waals surface area contributed by atoms with Gasteiger partial charge in [0.25, 0.3) is 0 Å². The molecule has 0 aliphatic rings. The number of fused-ring (bicyclic) bond motifs is 1. The zero-order valence-corrected chi connectivity index (χ0v) is 12.4. The average Bonchev–Trinajstić information content (AvgIpc) is 3.05. The van der Waals surface area contributed by atoms with Crippen molar-refractivity contribution in [1.29, 1.82) is 0 Å². The molecule has 23 heavy (non-hydrogen) atoms. The third-order valence-corrected chi connectivity index (χ3v) is 3.21. The lowest BCUT2D eigenvalue weighted by atomic mass is 10.2. The quantitative estimate of drug-likeness (QED) is 0.759. The van der Waals surface area contributed by atoms with Gasteiger partial charge in [0, 0.05) is 11.9 Å². The standard InChI is InChI=1S/C17H16N4O2/c22-17(23-12-13-5-2-1-3-6-13)18-8-4-7-15-9-14-10-20-21-16(14)11-19-15/h1-7,9-11H,8,12H2,(H,18,22)(H,20,21). The number of ether oxygens (including phenoxy) is 1. The lowest BCUT2D eigenvalue weighted by molar-refractivity contribution is 0.141. The maximum atomic E-state index is 11.6. The number of hydrogen-bond acceptors (Lipinski definition) is 4. The fraction of sp³-hybridized carbons (Fsp3) is 0.118. The Morgan fingerprint density at radius 3 is 3.00 bits per heavy atom. The predicted octanol–water partition coefficient (Wildman–Crippen LogP) is 2.90. The number of hydrogen-bond donors (Lipinski definition) is 2. The zero-order valence-electron chi connectivity index (χ0n) is 12.4. The van der Waals surface area contributed by atoms with Crippen LogP contribution in [0.3, 0.4) is 0 Å². The van der Waals surface area contributed by atoms with E-state index in [9.17, 15) is 4.79 Å². The van der Waals surface area contributed by atoms with Gasteiger partial charge in [0.05, 0.1) is 23.6 Å². The molecule has 0 saturated heterocycles. The van der Waals surface area contributed by atoms with Gasteiger partial charge in [0.15, 0.2) is 0 Å². The molecule has 6 heteroatoms. The van der Waals surface area contributed by atoms with Gasteiger partial charge in [-0.2, -0.15) is 5.10 Å². The van der Waals surface area contributed by atoms with E-state index >= 15 is 0 Å². The van der Waals surface area contributed by atoms with Crippen molar-refractivity contribution in [3.8, 4) is 0 Å². The largest absolute Gasteiger partial charge is 0.445 e. The van der Waals surface area contributed by atoms with Gasteiger partial charge < -0.3 is 10.1 Å². The Morgan fingerprint density at radius 2 is 2.13 bits per heavy atom. The summed E-state index contributed by atoms with van der Waals surface area (Å²) in [4.78, 5) is 15.8. The van der Waals surface area contributed by atoms with Crippen LogP contribution < -0.4 is 5.32 Å². The molecule has 1 aromatic carbocycles. The van der Waals surface area contributed by atoms with Gasteiger partial charge in [-0.1, -0.05) is 36.4 Å². The van der Waals surface area contributed by atoms with E-state index in [0.717, 1.165) is 22.2 Å². The number of benzene rings is 1. The minimum absolute atomic E-state index is 0.259. The first-order valence-electron chi connectivity index (χ1n) is 7.21. The summed E-state index contributed by atoms with van der Waals surface area (Å²) in [6, 6.07) is 11.5. The van der Waals surface area contributed by atoms with E-state index < -0.39 is 6.09 Å². The van der Waals surface area contributed by atoms with Crippen LogP contribution in [0.4, 0.5) is 4.79 Å². The minimum Gasteiger partial charge on any atom is -0.445 e. The number of carbonyl (C=O) groups excluding carboxylic acids is 1. The van der Waals surface area contributed by atoms with Crippen LogP contribution in [0.1, 0.15) is 11.3 Å². The van der Waals surface area contributed by atoms with Crippen LogP contribution in [0.2, 0.25) is 0 Å². The molecule has 0 bridgehead atoms. The first kappa shape index (κ1) is 14.8. The molecule has 0 spiro atoms. The maximum absolute atomic E-state index is 11.6. The molecular formula is C17H16N4O2. The fourth-order valence-electron chi connectivity index (χ4n) is 2.05. The molecule has 0 fully saturated rings. The first-order chi connectivity index (χ1) is 11.3. The Morgan fingerprint density at radius 1 is 1.26 bits per heavy atom. The number of carbonyl (C=O) groups is 1. The van der Waals surface area contributed by atoms with Crippen molar-refractivity contribution in [3.63, 3.8) is 0 Å². The molecule has 2 heterocycles. The van der Waals surface area contributed by atoms with Crippen molar-refractivity contribution in [2.75, 3.05) is 6.54 Å². The Kier molecular flexibility index (Phi) is 4.63. The lowest BCUT2D eigenvalue weighted by Gasteiger charge is -2.05.